The van der Waals surface area contributed by atoms with Gasteiger partial charge in [-0.05, 0) is 28.2 Å². The molecule has 0 radical (unpaired) electrons. The van der Waals surface area contributed by atoms with Gasteiger partial charge < -0.3 is 23.7 Å². The Labute approximate surface area is 403 Å². The van der Waals surface area contributed by atoms with Crippen LogP contribution in [-0.2, 0) is 28.5 Å². The molecule has 0 aliphatic heterocycles. The zero-order valence-corrected chi connectivity index (χ0v) is 38.0. The maximum Gasteiger partial charge on any atom is 0.425 e. The van der Waals surface area contributed by atoms with E-state index in [4.69, 9.17) is 0 Å². The molecule has 0 aromatic rings. The molecular formula is C30H31F36N4O6P. The van der Waals surface area contributed by atoms with Crippen molar-refractivity contribution in [3.05, 3.63) is 0 Å². The molecule has 0 saturated carbocycles. The lowest BCUT2D eigenvalue weighted by Gasteiger charge is -2.53. The van der Waals surface area contributed by atoms with Crippen LogP contribution in [0, 0.1) is 0 Å². The van der Waals surface area contributed by atoms with E-state index in [1.165, 1.54) is 0 Å². The van der Waals surface area contributed by atoms with Crippen LogP contribution in [0.2, 0.25) is 0 Å². The second kappa shape index (κ2) is 24.8. The molecule has 0 amide bonds. The molecule has 0 rings (SSSR count). The predicted octanol–water partition coefficient (Wildman–Crippen LogP) is 12.5. The fourth-order valence-electron chi connectivity index (χ4n) is 4.86. The van der Waals surface area contributed by atoms with Gasteiger partial charge in [0.2, 0.25) is 13.9 Å². The molecule has 0 aliphatic carbocycles. The Morgan fingerprint density at radius 2 is 0.519 bits per heavy atom. The van der Waals surface area contributed by atoms with E-state index in [0.29, 0.717) is 0 Å². The monoisotopic (exact) mass is 1260 g/mol. The van der Waals surface area contributed by atoms with Gasteiger partial charge in [-0.3, -0.25) is 0 Å². The van der Waals surface area contributed by atoms with Crippen LogP contribution in [0.15, 0.2) is 4.91 Å². The maximum atomic E-state index is 15.1. The van der Waals surface area contributed by atoms with Crippen molar-refractivity contribution < 1.29 is 187 Å². The SMILES string of the molecule is CN(C)P(=NOCC(F)(F)C(F)C(F)(F)F)(N(C)C)N(C(OCC(F)(F)C(F)C(F)(F)F)OCC(F)(F)C(F)C(F)(F)F)C(OCC(F)(F)C(F)C(F)(F)F)(OCC(F)(F)C(F)C(F)(F)F)OCC(F)(F)C(F)C(F)(F)F. The second-order valence-electron chi connectivity index (χ2n) is 15.2. The lowest BCUT2D eigenvalue weighted by atomic mass is 10.2. The van der Waals surface area contributed by atoms with Gasteiger partial charge in [0.1, 0.15) is 39.6 Å². The first kappa shape index (κ1) is 74.3. The van der Waals surface area contributed by atoms with Gasteiger partial charge in [0.25, 0.3) is 37.0 Å². The minimum absolute atomic E-state index is 0.130. The summed E-state index contributed by atoms with van der Waals surface area (Å²) >= 11 is 0. The number of hydrogen-bond acceptors (Lipinski definition) is 7. The molecule has 0 heterocycles. The Balaban J connectivity index is 10.1. The van der Waals surface area contributed by atoms with E-state index < -0.39 is 183 Å². The molecule has 6 unspecified atom stereocenters. The summed E-state index contributed by atoms with van der Waals surface area (Å²) in [6, 6.07) is 0. The molecule has 77 heavy (non-hydrogen) atoms. The van der Waals surface area contributed by atoms with Gasteiger partial charge in [0.05, 0.1) is 0 Å². The van der Waals surface area contributed by atoms with Crippen molar-refractivity contribution in [2.24, 2.45) is 4.91 Å². The van der Waals surface area contributed by atoms with E-state index in [1.54, 1.807) is 0 Å². The Hall–Kier alpha value is -2.65. The Bertz CT molecular complexity index is 1750. The van der Waals surface area contributed by atoms with E-state index in [9.17, 15) is 132 Å². The quantitative estimate of drug-likeness (QED) is 0.0315. The first-order valence-electron chi connectivity index (χ1n) is 18.6. The molecular weight excluding hydrogens is 1230 g/mol. The summed E-state index contributed by atoms with van der Waals surface area (Å²) in [4.78, 5) is 6.22. The van der Waals surface area contributed by atoms with Gasteiger partial charge in [0.15, 0.2) is 0 Å². The standard InChI is InChI=1S/C30H31F36N4O6P/c1-68(2)77(69(3)4,67-76-10-23(47,48)16(36)29(64,65)66)70(17(71-5-18(37,38)11(31)24(49,50)51)72-6-19(39,40)12(32)25(52,53)54)30(73-7-20(41,42)13(33)26(55,56)57,74-8-21(43,44)14(34)27(58,59)60)75-9-22(45,46)15(35)28(61,62)63/h11-17H,5-10H2,1-4H3. The largest absolute Gasteiger partial charge is 0.425 e. The number of nitrogens with zero attached hydrogens (tertiary/aromatic N) is 4. The smallest absolute Gasteiger partial charge is 0.333 e. The molecule has 0 aromatic carbocycles. The minimum atomic E-state index is -7.14. The van der Waals surface area contributed by atoms with Crippen LogP contribution in [0.25, 0.3) is 0 Å². The van der Waals surface area contributed by atoms with Crippen LogP contribution in [0.5, 0.6) is 0 Å². The van der Waals surface area contributed by atoms with Crippen molar-refractivity contribution >= 4 is 7.51 Å². The summed E-state index contributed by atoms with van der Waals surface area (Å²) in [6.07, 6.45) is -89.6. The van der Waals surface area contributed by atoms with Crippen LogP contribution >= 0.6 is 7.51 Å². The summed E-state index contributed by atoms with van der Waals surface area (Å²) in [7, 11) is -7.56. The Morgan fingerprint density at radius 3 is 0.714 bits per heavy atom. The highest BCUT2D eigenvalue weighted by molar-refractivity contribution is 7.59. The van der Waals surface area contributed by atoms with Crippen molar-refractivity contribution in [3.8, 4) is 0 Å². The van der Waals surface area contributed by atoms with E-state index in [2.05, 4.69) is 33.4 Å². The summed E-state index contributed by atoms with van der Waals surface area (Å²) in [5.41, 5.74) is 0. The number of ether oxygens (including phenoxy) is 5. The van der Waals surface area contributed by atoms with Crippen molar-refractivity contribution in [2.75, 3.05) is 67.8 Å². The number of rotatable bonds is 29. The van der Waals surface area contributed by atoms with Crippen molar-refractivity contribution in [3.63, 3.8) is 0 Å². The Morgan fingerprint density at radius 1 is 0.325 bits per heavy atom. The van der Waals surface area contributed by atoms with Crippen LogP contribution in [0.4, 0.5) is 158 Å². The molecule has 0 aliphatic rings. The number of alkyl halides is 36. The topological polar surface area (TPSA) is 77.5 Å². The van der Waals surface area contributed by atoms with E-state index in [-0.39, 0.29) is 28.2 Å². The van der Waals surface area contributed by atoms with Crippen LogP contribution < -0.4 is 0 Å². The summed E-state index contributed by atoms with van der Waals surface area (Å²) < 4.78 is 517. The van der Waals surface area contributed by atoms with Crippen molar-refractivity contribution in [1.82, 2.24) is 14.0 Å². The maximum absolute atomic E-state index is 15.1. The predicted molar refractivity (Wildman–Crippen MR) is 176 cm³/mol. The van der Waals surface area contributed by atoms with Gasteiger partial charge in [0, 0.05) is 0 Å². The fraction of sp³-hybridized carbons (Fsp3) is 1.00. The minimum Gasteiger partial charge on any atom is -0.333 e. The normalized spacial score (nSPS) is 18.8. The van der Waals surface area contributed by atoms with Gasteiger partial charge in [-0.15, -0.1) is 9.58 Å². The number of hydrogen-bond donors (Lipinski definition) is 0. The van der Waals surface area contributed by atoms with Crippen molar-refractivity contribution in [1.29, 1.82) is 0 Å². The van der Waals surface area contributed by atoms with Gasteiger partial charge in [-0.2, -0.15) is 79.0 Å². The third kappa shape index (κ3) is 19.5. The van der Waals surface area contributed by atoms with Gasteiger partial charge in [-0.25, -0.2) is 93.2 Å². The molecule has 0 saturated heterocycles. The highest BCUT2D eigenvalue weighted by atomic mass is 31.2. The third-order valence-corrected chi connectivity index (χ3v) is 11.9. The fourth-order valence-corrected chi connectivity index (χ4v) is 7.81. The molecule has 0 fully saturated rings. The first-order chi connectivity index (χ1) is 33.6. The molecule has 0 spiro atoms. The average Bonchev–Trinajstić information content (AvgIpc) is 3.22. The lowest BCUT2D eigenvalue weighted by molar-refractivity contribution is -0.485. The highest BCUT2D eigenvalue weighted by Gasteiger charge is 2.68. The molecule has 6 atom stereocenters. The zero-order valence-electron chi connectivity index (χ0n) is 37.1. The van der Waals surface area contributed by atoms with E-state index >= 15 is 26.3 Å². The molecule has 464 valence electrons. The van der Waals surface area contributed by atoms with Crippen LogP contribution in [-0.4, -0.2) is 204 Å². The molecule has 10 nitrogen and oxygen atoms in total. The molecule has 0 aromatic heterocycles. The van der Waals surface area contributed by atoms with Gasteiger partial charge >= 0.3 is 78.7 Å². The zero-order chi connectivity index (χ0) is 62.0. The van der Waals surface area contributed by atoms with E-state index in [0.717, 1.165) is 0 Å². The number of halogens is 36. The van der Waals surface area contributed by atoms with Crippen molar-refractivity contribution in [2.45, 2.75) is 122 Å². The van der Waals surface area contributed by atoms with Gasteiger partial charge in [-0.1, -0.05) is 0 Å². The lowest BCUT2D eigenvalue weighted by Crippen LogP contribution is -2.65. The highest BCUT2D eigenvalue weighted by Crippen LogP contribution is 2.63. The Kier molecular flexibility index (Phi) is 24.0. The molecule has 47 heteroatoms. The van der Waals surface area contributed by atoms with Crippen LogP contribution in [0.1, 0.15) is 0 Å². The molecule has 0 bridgehead atoms. The molecule has 0 N–H and O–H groups in total. The first-order valence-corrected chi connectivity index (χ1v) is 20.2. The second-order valence-corrected chi connectivity index (χ2v) is 18.5. The average molecular weight is 1260 g/mol. The van der Waals surface area contributed by atoms with E-state index in [1.807, 2.05) is 0 Å². The summed E-state index contributed by atoms with van der Waals surface area (Å²) in [6.45, 7) is -24.3. The third-order valence-electron chi connectivity index (χ3n) is 8.39. The summed E-state index contributed by atoms with van der Waals surface area (Å²) in [5, 5.41) is 0. The van der Waals surface area contributed by atoms with Crippen LogP contribution in [0.3, 0.4) is 0 Å². The summed E-state index contributed by atoms with van der Waals surface area (Å²) in [5.74, 6) is -40.2.